The molecule has 0 atom stereocenters. The third-order valence-electron chi connectivity index (χ3n) is 4.70. The fourth-order valence-corrected chi connectivity index (χ4v) is 5.93. The Morgan fingerprint density at radius 3 is 1.03 bits per heavy atom. The number of carbonyl (C=O) groups excluding carboxylic acids is 3. The third-order valence-corrected chi connectivity index (χ3v) is 8.19. The summed E-state index contributed by atoms with van der Waals surface area (Å²) in [7, 11) is 0. The average Bonchev–Trinajstić information content (AvgIpc) is 2.74. The van der Waals surface area contributed by atoms with Crippen LogP contribution in [0.5, 0.6) is 0 Å². The Morgan fingerprint density at radius 1 is 0.516 bits per heavy atom. The normalized spacial score (nSPS) is 10.2. The Bertz CT molecular complexity index is 983. The van der Waals surface area contributed by atoms with E-state index >= 15 is 0 Å². The van der Waals surface area contributed by atoms with Crippen molar-refractivity contribution in [2.24, 2.45) is 0 Å². The van der Waals surface area contributed by atoms with Gasteiger partial charge < -0.3 is 0 Å². The van der Waals surface area contributed by atoms with Gasteiger partial charge in [-0.15, -0.1) is 0 Å². The second-order valence-electron chi connectivity index (χ2n) is 6.95. The molecule has 0 heterocycles. The Hall–Kier alpha value is -3.06. The zero-order chi connectivity index (χ0) is 22.4. The van der Waals surface area contributed by atoms with Crippen LogP contribution in [0.1, 0.15) is 47.8 Å². The van der Waals surface area contributed by atoms with Crippen LogP contribution in [0.4, 0.5) is 0 Å². The van der Waals surface area contributed by atoms with Gasteiger partial charge in [0.15, 0.2) is 0 Å². The number of carbonyl (C=O) groups is 3. The van der Waals surface area contributed by atoms with Crippen LogP contribution in [-0.4, -0.2) is 40.7 Å². The van der Waals surface area contributed by atoms with Gasteiger partial charge in [0.05, 0.1) is 0 Å². The number of hydrogen-bond donors (Lipinski definition) is 0. The summed E-state index contributed by atoms with van der Waals surface area (Å²) in [6.45, 7) is 5.29. The Labute approximate surface area is 190 Å². The molecule has 0 N–H and O–H groups in total. The second kappa shape index (κ2) is 10.3. The van der Waals surface area contributed by atoms with Gasteiger partial charge in [-0.25, -0.2) is 0 Å². The van der Waals surface area contributed by atoms with Gasteiger partial charge in [0.25, 0.3) is 0 Å². The predicted molar refractivity (Wildman–Crippen MR) is 116 cm³/mol. The molecule has 6 nitrogen and oxygen atoms in total. The van der Waals surface area contributed by atoms with Crippen LogP contribution in [0.3, 0.4) is 0 Å². The number of benzene rings is 3. The van der Waals surface area contributed by atoms with Gasteiger partial charge in [-0.3, -0.25) is 0 Å². The van der Waals surface area contributed by atoms with E-state index in [9.17, 15) is 14.4 Å². The minimum absolute atomic E-state index is 0.322. The Kier molecular flexibility index (Phi) is 7.52. The molecule has 0 saturated carbocycles. The van der Waals surface area contributed by atoms with Crippen LogP contribution in [0, 0.1) is 20.8 Å². The van der Waals surface area contributed by atoms with Gasteiger partial charge in [-0.2, -0.15) is 0 Å². The quantitative estimate of drug-likeness (QED) is 0.478. The molecule has 0 radical (unpaired) electrons. The number of aryl methyl sites for hydroxylation is 3. The SMILES string of the molecule is Cc1ccccc1C(=O)[O][In]([O]C(=O)c1ccccc1C)[O]C(=O)c1ccccc1C. The van der Waals surface area contributed by atoms with Crippen LogP contribution in [0.25, 0.3) is 0 Å². The topological polar surface area (TPSA) is 78.9 Å². The van der Waals surface area contributed by atoms with E-state index in [-0.39, 0.29) is 0 Å². The number of rotatable bonds is 6. The molecule has 0 aromatic heterocycles. The summed E-state index contributed by atoms with van der Waals surface area (Å²) >= 11 is -4.38. The van der Waals surface area contributed by atoms with E-state index in [1.807, 2.05) is 0 Å². The standard InChI is InChI=1S/3C8H8O2.In/c3*1-6-4-2-3-5-7(6)8(9)10;/h3*2-5H,1H3,(H,9,10);/q;;;+3/p-3. The number of hydrogen-bond acceptors (Lipinski definition) is 6. The molecule has 3 aromatic rings. The van der Waals surface area contributed by atoms with Gasteiger partial charge >= 0.3 is 191 Å². The second-order valence-corrected chi connectivity index (χ2v) is 10.6. The molecule has 3 aromatic carbocycles. The Morgan fingerprint density at radius 2 is 0.774 bits per heavy atom. The van der Waals surface area contributed by atoms with Crippen molar-refractivity contribution >= 4 is 40.7 Å². The first-order chi connectivity index (χ1) is 14.9. The van der Waals surface area contributed by atoms with Crippen LogP contribution in [-0.2, 0) is 8.56 Å². The van der Waals surface area contributed by atoms with Crippen molar-refractivity contribution in [3.8, 4) is 0 Å². The molecule has 0 bridgehead atoms. The molecule has 156 valence electrons. The van der Waals surface area contributed by atoms with E-state index in [2.05, 4.69) is 0 Å². The van der Waals surface area contributed by atoms with E-state index in [1.54, 1.807) is 93.6 Å². The average molecular weight is 520 g/mol. The van der Waals surface area contributed by atoms with Crippen LogP contribution in [0.2, 0.25) is 0 Å². The van der Waals surface area contributed by atoms with Crippen LogP contribution in [0.15, 0.2) is 72.8 Å². The first kappa shape index (κ1) is 22.6. The zero-order valence-corrected chi connectivity index (χ0v) is 20.8. The molecule has 31 heavy (non-hydrogen) atoms. The molecule has 7 heteroatoms. The summed E-state index contributed by atoms with van der Waals surface area (Å²) in [5.74, 6) is -2.06. The van der Waals surface area contributed by atoms with Gasteiger partial charge in [-0.05, 0) is 0 Å². The summed E-state index contributed by atoms with van der Waals surface area (Å²) in [4.78, 5) is 38.1. The van der Waals surface area contributed by atoms with Crippen molar-refractivity contribution < 1.29 is 22.9 Å². The summed E-state index contributed by atoms with van der Waals surface area (Å²) in [6.07, 6.45) is 0. The van der Waals surface area contributed by atoms with Crippen molar-refractivity contribution in [1.82, 2.24) is 0 Å². The van der Waals surface area contributed by atoms with Crippen molar-refractivity contribution in [3.63, 3.8) is 0 Å². The van der Waals surface area contributed by atoms with E-state index in [4.69, 9.17) is 8.56 Å². The van der Waals surface area contributed by atoms with Crippen molar-refractivity contribution in [3.05, 3.63) is 106 Å². The fourth-order valence-electron chi connectivity index (χ4n) is 2.93. The monoisotopic (exact) mass is 520 g/mol. The maximum atomic E-state index is 12.7. The van der Waals surface area contributed by atoms with Crippen LogP contribution >= 0.6 is 0 Å². The zero-order valence-electron chi connectivity index (χ0n) is 17.5. The molecule has 0 aliphatic heterocycles. The molecule has 0 aliphatic rings. The third kappa shape index (κ3) is 5.76. The van der Waals surface area contributed by atoms with Gasteiger partial charge in [-0.1, -0.05) is 0 Å². The first-order valence-corrected chi connectivity index (χ1v) is 13.7. The molecule has 0 amide bonds. The molecule has 0 aliphatic carbocycles. The van der Waals surface area contributed by atoms with E-state index in [0.717, 1.165) is 0 Å². The van der Waals surface area contributed by atoms with E-state index < -0.39 is 40.7 Å². The van der Waals surface area contributed by atoms with Crippen molar-refractivity contribution in [1.29, 1.82) is 0 Å². The molecule has 3 rings (SSSR count). The van der Waals surface area contributed by atoms with Gasteiger partial charge in [0, 0.05) is 0 Å². The summed E-state index contributed by atoms with van der Waals surface area (Å²) in [5, 5.41) is 0. The summed E-state index contributed by atoms with van der Waals surface area (Å²) in [6, 6.07) is 20.6. The molecular formula is C24H21InO6. The maximum absolute atomic E-state index is 12.7. The summed E-state index contributed by atoms with van der Waals surface area (Å²) in [5.41, 5.74) is 3.07. The molecule has 0 saturated heterocycles. The summed E-state index contributed by atoms with van der Waals surface area (Å²) < 4.78 is 16.4. The molecule has 0 spiro atoms. The predicted octanol–water partition coefficient (Wildman–Crippen LogP) is 4.47. The molecule has 0 unspecified atom stereocenters. The van der Waals surface area contributed by atoms with E-state index in [1.165, 1.54) is 0 Å². The Balaban J connectivity index is 1.84. The fraction of sp³-hybridized carbons (Fsp3) is 0.125. The van der Waals surface area contributed by atoms with Crippen LogP contribution < -0.4 is 0 Å². The minimum atomic E-state index is -4.38. The molecule has 0 fully saturated rings. The van der Waals surface area contributed by atoms with Gasteiger partial charge in [0.1, 0.15) is 0 Å². The van der Waals surface area contributed by atoms with Crippen molar-refractivity contribution in [2.75, 3.05) is 0 Å². The van der Waals surface area contributed by atoms with Crippen molar-refractivity contribution in [2.45, 2.75) is 20.8 Å². The van der Waals surface area contributed by atoms with Gasteiger partial charge in [0.2, 0.25) is 0 Å². The van der Waals surface area contributed by atoms with E-state index in [0.29, 0.717) is 33.4 Å². The first-order valence-electron chi connectivity index (χ1n) is 9.66. The molecular weight excluding hydrogens is 499 g/mol.